The molecule has 0 bridgehead atoms. The zero-order valence-electron chi connectivity index (χ0n) is 23.6. The van der Waals surface area contributed by atoms with Gasteiger partial charge in [-0.3, -0.25) is 15.1 Å². The number of fused-ring (bicyclic) bond motifs is 1. The standard InChI is InChI=1S/C30H36FN9/c1-7-23-26(27(31)20(5)21-13-22(15-32-14-21)34-19(4)12-18(2)3)29(38-37-23)30-35-24-16-33-17-25(28(24)36-30)40-10-8-39(6)9-11-40/h7,13-18,34,37H,4-5,8-12H2,1-3,6H3,(H,35,36)/b23-7+,27-26-. The van der Waals surface area contributed by atoms with E-state index >= 15 is 4.39 Å². The lowest BCUT2D eigenvalue weighted by molar-refractivity contribution is 0.313. The fourth-order valence-corrected chi connectivity index (χ4v) is 4.97. The fourth-order valence-electron chi connectivity index (χ4n) is 4.97. The highest BCUT2D eigenvalue weighted by Crippen LogP contribution is 2.28. The minimum Gasteiger partial charge on any atom is -0.366 e. The van der Waals surface area contributed by atoms with Gasteiger partial charge in [0.2, 0.25) is 0 Å². The summed E-state index contributed by atoms with van der Waals surface area (Å²) in [5.41, 5.74) is 5.25. The Kier molecular flexibility index (Phi) is 7.79. The maximum absolute atomic E-state index is 16.3. The van der Waals surface area contributed by atoms with Gasteiger partial charge in [-0.05, 0) is 32.4 Å². The highest BCUT2D eigenvalue weighted by atomic mass is 19.1. The smallest absolute Gasteiger partial charge is 0.159 e. The molecular formula is C30H36FN9. The SMILES string of the molecule is C=C(CC(C)C)Nc1cncc(C(=C)/C(F)=c2/c(-c3nc4c(N5CCN(C)CC5)cncc4[nH]3)n[nH]/c2=C/C)c1. The predicted molar refractivity (Wildman–Crippen MR) is 161 cm³/mol. The number of allylic oxidation sites excluding steroid dienone is 2. The summed E-state index contributed by atoms with van der Waals surface area (Å²) >= 11 is 0. The quantitative estimate of drug-likeness (QED) is 0.309. The van der Waals surface area contributed by atoms with Gasteiger partial charge in [0, 0.05) is 49.2 Å². The number of imidazole rings is 1. The van der Waals surface area contributed by atoms with Gasteiger partial charge in [-0.15, -0.1) is 0 Å². The van der Waals surface area contributed by atoms with E-state index in [4.69, 9.17) is 4.98 Å². The van der Waals surface area contributed by atoms with Crippen molar-refractivity contribution in [1.29, 1.82) is 0 Å². The molecule has 3 N–H and O–H groups in total. The molecule has 1 aliphatic rings. The highest BCUT2D eigenvalue weighted by Gasteiger charge is 2.21. The van der Waals surface area contributed by atoms with E-state index in [1.807, 2.05) is 19.2 Å². The normalized spacial score (nSPS) is 15.7. The average molecular weight is 542 g/mol. The molecule has 40 heavy (non-hydrogen) atoms. The molecule has 0 radical (unpaired) electrons. The molecule has 0 amide bonds. The minimum atomic E-state index is -0.505. The van der Waals surface area contributed by atoms with Gasteiger partial charge in [-0.1, -0.05) is 33.1 Å². The molecule has 5 rings (SSSR count). The summed E-state index contributed by atoms with van der Waals surface area (Å²) in [7, 11) is 2.12. The number of nitrogens with zero attached hydrogens (tertiary/aromatic N) is 6. The third kappa shape index (κ3) is 5.53. The molecular weight excluding hydrogens is 505 g/mol. The number of nitrogens with one attached hydrogen (secondary N) is 3. The van der Waals surface area contributed by atoms with Gasteiger partial charge < -0.3 is 20.1 Å². The number of rotatable bonds is 8. The molecule has 5 heterocycles. The number of aromatic nitrogens is 6. The molecule has 4 aromatic heterocycles. The largest absolute Gasteiger partial charge is 0.366 e. The maximum Gasteiger partial charge on any atom is 0.159 e. The fraction of sp³-hybridized carbons (Fsp3) is 0.333. The van der Waals surface area contributed by atoms with Crippen LogP contribution in [-0.4, -0.2) is 68.3 Å². The van der Waals surface area contributed by atoms with Crippen molar-refractivity contribution in [2.24, 2.45) is 5.92 Å². The number of anilines is 2. The molecule has 0 unspecified atom stereocenters. The second kappa shape index (κ2) is 11.4. The lowest BCUT2D eigenvalue weighted by Gasteiger charge is -2.33. The van der Waals surface area contributed by atoms with E-state index in [9.17, 15) is 0 Å². The Morgan fingerprint density at radius 2 is 1.88 bits per heavy atom. The third-order valence-electron chi connectivity index (χ3n) is 7.07. The van der Waals surface area contributed by atoms with Crippen LogP contribution in [0, 0.1) is 5.92 Å². The number of hydrogen-bond donors (Lipinski definition) is 3. The summed E-state index contributed by atoms with van der Waals surface area (Å²) in [4.78, 5) is 21.5. The molecule has 0 aliphatic carbocycles. The van der Waals surface area contributed by atoms with Crippen molar-refractivity contribution in [2.75, 3.05) is 43.4 Å². The zero-order valence-corrected chi connectivity index (χ0v) is 23.6. The zero-order chi connectivity index (χ0) is 28.4. The van der Waals surface area contributed by atoms with Gasteiger partial charge >= 0.3 is 0 Å². The van der Waals surface area contributed by atoms with E-state index in [1.165, 1.54) is 0 Å². The monoisotopic (exact) mass is 541 g/mol. The Balaban J connectivity index is 1.54. The summed E-state index contributed by atoms with van der Waals surface area (Å²) in [6, 6.07) is 1.82. The molecule has 4 aromatic rings. The number of piperazine rings is 1. The van der Waals surface area contributed by atoms with Crippen LogP contribution >= 0.6 is 0 Å². The van der Waals surface area contributed by atoms with E-state index in [1.54, 1.807) is 24.7 Å². The average Bonchev–Trinajstić information content (AvgIpc) is 3.56. The van der Waals surface area contributed by atoms with Gasteiger partial charge in [0.05, 0.1) is 46.0 Å². The van der Waals surface area contributed by atoms with E-state index < -0.39 is 5.83 Å². The van der Waals surface area contributed by atoms with E-state index in [-0.39, 0.29) is 5.57 Å². The lowest BCUT2D eigenvalue weighted by Crippen LogP contribution is -2.44. The second-order valence-electron chi connectivity index (χ2n) is 10.7. The minimum absolute atomic E-state index is 0.201. The van der Waals surface area contributed by atoms with Gasteiger partial charge in [0.25, 0.3) is 0 Å². The van der Waals surface area contributed by atoms with Crippen LogP contribution in [0.4, 0.5) is 15.8 Å². The van der Waals surface area contributed by atoms with Crippen molar-refractivity contribution >= 4 is 39.9 Å². The predicted octanol–water partition coefficient (Wildman–Crippen LogP) is 4.06. The van der Waals surface area contributed by atoms with Gasteiger partial charge in [0.15, 0.2) is 5.82 Å². The lowest BCUT2D eigenvalue weighted by atomic mass is 10.1. The molecule has 0 spiro atoms. The van der Waals surface area contributed by atoms with Gasteiger partial charge in [0.1, 0.15) is 17.0 Å². The van der Waals surface area contributed by atoms with Gasteiger partial charge in [-0.25, -0.2) is 9.37 Å². The molecule has 0 aromatic carbocycles. The maximum atomic E-state index is 16.3. The molecule has 0 atom stereocenters. The Labute approximate surface area is 233 Å². The third-order valence-corrected chi connectivity index (χ3v) is 7.07. The van der Waals surface area contributed by atoms with E-state index in [0.29, 0.717) is 33.6 Å². The van der Waals surface area contributed by atoms with Crippen LogP contribution in [-0.2, 0) is 0 Å². The first-order valence-corrected chi connectivity index (χ1v) is 13.5. The van der Waals surface area contributed by atoms with Crippen molar-refractivity contribution in [2.45, 2.75) is 27.2 Å². The van der Waals surface area contributed by atoms with Crippen LogP contribution in [0.25, 0.3) is 40.0 Å². The van der Waals surface area contributed by atoms with Crippen LogP contribution < -0.4 is 20.8 Å². The van der Waals surface area contributed by atoms with Crippen molar-refractivity contribution < 1.29 is 4.39 Å². The molecule has 9 nitrogen and oxygen atoms in total. The molecule has 0 saturated carbocycles. The van der Waals surface area contributed by atoms with Crippen molar-refractivity contribution in [3.63, 3.8) is 0 Å². The van der Waals surface area contributed by atoms with E-state index in [2.05, 4.69) is 74.3 Å². The van der Waals surface area contributed by atoms with Crippen LogP contribution in [0.3, 0.4) is 0 Å². The number of likely N-dealkylation sites (N-methyl/N-ethyl adjacent to an activating group) is 1. The van der Waals surface area contributed by atoms with Crippen LogP contribution in [0.15, 0.2) is 49.7 Å². The summed E-state index contributed by atoms with van der Waals surface area (Å²) in [5, 5.41) is 11.5. The number of halogens is 1. The first-order chi connectivity index (χ1) is 19.2. The summed E-state index contributed by atoms with van der Waals surface area (Å²) in [6.07, 6.45) is 9.47. The topological polar surface area (TPSA) is 102 Å². The first-order valence-electron chi connectivity index (χ1n) is 13.5. The molecule has 1 saturated heterocycles. The van der Waals surface area contributed by atoms with Crippen molar-refractivity contribution in [3.05, 3.63) is 65.8 Å². The summed E-state index contributed by atoms with van der Waals surface area (Å²) < 4.78 is 16.3. The number of pyridine rings is 2. The first kappa shape index (κ1) is 27.3. The molecule has 1 fully saturated rings. The van der Waals surface area contributed by atoms with Gasteiger partial charge in [-0.2, -0.15) is 5.10 Å². The Hall–Kier alpha value is -4.31. The molecule has 1 aliphatic heterocycles. The Bertz CT molecular complexity index is 1670. The van der Waals surface area contributed by atoms with Crippen molar-refractivity contribution in [1.82, 2.24) is 35.0 Å². The number of aromatic amines is 2. The Morgan fingerprint density at radius 3 is 2.60 bits per heavy atom. The highest BCUT2D eigenvalue weighted by molar-refractivity contribution is 5.95. The Morgan fingerprint density at radius 1 is 1.12 bits per heavy atom. The molecule has 10 heteroatoms. The van der Waals surface area contributed by atoms with Crippen LogP contribution in [0.2, 0.25) is 0 Å². The molecule has 208 valence electrons. The van der Waals surface area contributed by atoms with Crippen LogP contribution in [0.1, 0.15) is 32.8 Å². The van der Waals surface area contributed by atoms with Crippen LogP contribution in [0.5, 0.6) is 0 Å². The summed E-state index contributed by atoms with van der Waals surface area (Å²) in [5.74, 6) is 0.417. The second-order valence-corrected chi connectivity index (χ2v) is 10.7. The number of H-pyrrole nitrogens is 2. The van der Waals surface area contributed by atoms with Crippen molar-refractivity contribution in [3.8, 4) is 11.5 Å². The number of hydrogen-bond acceptors (Lipinski definition) is 7. The summed E-state index contributed by atoms with van der Waals surface area (Å²) in [6.45, 7) is 18.0. The van der Waals surface area contributed by atoms with E-state index in [0.717, 1.165) is 60.7 Å².